The molecule has 4 rings (SSSR count). The highest BCUT2D eigenvalue weighted by molar-refractivity contribution is 7.80. The van der Waals surface area contributed by atoms with Gasteiger partial charge in [0.15, 0.2) is 0 Å². The Morgan fingerprint density at radius 3 is 2.18 bits per heavy atom. The summed E-state index contributed by atoms with van der Waals surface area (Å²) in [7, 11) is 0. The van der Waals surface area contributed by atoms with Gasteiger partial charge in [-0.25, -0.2) is 4.79 Å². The maximum absolute atomic E-state index is 12.7. The van der Waals surface area contributed by atoms with E-state index in [1.165, 1.54) is 0 Å². The molecule has 1 aliphatic rings. The van der Waals surface area contributed by atoms with Gasteiger partial charge in [0.05, 0.1) is 6.54 Å². The summed E-state index contributed by atoms with van der Waals surface area (Å²) in [5, 5.41) is 11.5. The van der Waals surface area contributed by atoms with E-state index in [0.717, 1.165) is 24.5 Å². The van der Waals surface area contributed by atoms with Gasteiger partial charge in [0.2, 0.25) is 0 Å². The van der Waals surface area contributed by atoms with E-state index in [9.17, 15) is 9.59 Å². The first-order valence-corrected chi connectivity index (χ1v) is 10.7. The number of nitrogens with two attached hydrogens (primary N) is 1. The van der Waals surface area contributed by atoms with Gasteiger partial charge in [0.25, 0.3) is 5.91 Å². The minimum atomic E-state index is -0.436. The molecule has 0 atom stereocenters. The van der Waals surface area contributed by atoms with Gasteiger partial charge in [-0.3, -0.25) is 9.79 Å². The molecular weight excluding hydrogens is 436 g/mol. The molecule has 1 aliphatic heterocycles. The summed E-state index contributed by atoms with van der Waals surface area (Å²) in [6, 6.07) is 20.6. The zero-order chi connectivity index (χ0) is 23.2. The summed E-state index contributed by atoms with van der Waals surface area (Å²) < 4.78 is 0. The standard InChI is InChI=1S/C24H22N6O2S/c25-21(33)15-4-8-19(9-5-15)29-24(32)30-20-3-1-2-17(14-20)23(31)28-18-10-6-16(7-11-18)22-26-12-13-27-22/h1-11,14H,12-13H2,(H2,25,33)(H,26,27)(H,28,31)(H2,29,30,32). The Kier molecular flexibility index (Phi) is 6.61. The molecular formula is C24H22N6O2S. The molecule has 0 fully saturated rings. The van der Waals surface area contributed by atoms with Crippen LogP contribution in [0.1, 0.15) is 21.5 Å². The monoisotopic (exact) mass is 458 g/mol. The fourth-order valence-corrected chi connectivity index (χ4v) is 3.39. The summed E-state index contributed by atoms with van der Waals surface area (Å²) in [5.74, 6) is 0.584. The summed E-state index contributed by atoms with van der Waals surface area (Å²) in [6.45, 7) is 1.61. The topological polar surface area (TPSA) is 121 Å². The number of rotatable bonds is 6. The Bertz CT molecular complexity index is 1220. The summed E-state index contributed by atoms with van der Waals surface area (Å²) >= 11 is 4.92. The van der Waals surface area contributed by atoms with Crippen LogP contribution in [0.3, 0.4) is 0 Å². The molecule has 0 aliphatic carbocycles. The van der Waals surface area contributed by atoms with E-state index in [-0.39, 0.29) is 10.9 Å². The number of thiocarbonyl (C=S) groups is 1. The highest BCUT2D eigenvalue weighted by Crippen LogP contribution is 2.16. The molecule has 6 N–H and O–H groups in total. The van der Waals surface area contributed by atoms with Crippen molar-refractivity contribution in [3.05, 3.63) is 89.5 Å². The van der Waals surface area contributed by atoms with Crippen LogP contribution in [-0.4, -0.2) is 35.9 Å². The lowest BCUT2D eigenvalue weighted by Crippen LogP contribution is -2.20. The second-order valence-electron chi connectivity index (χ2n) is 7.29. The fraction of sp³-hybridized carbons (Fsp3) is 0.0833. The van der Waals surface area contributed by atoms with Crippen LogP contribution < -0.4 is 27.0 Å². The number of nitrogens with zero attached hydrogens (tertiary/aromatic N) is 1. The van der Waals surface area contributed by atoms with Crippen molar-refractivity contribution < 1.29 is 9.59 Å². The second kappa shape index (κ2) is 9.92. The van der Waals surface area contributed by atoms with Crippen LogP contribution in [0.25, 0.3) is 0 Å². The van der Waals surface area contributed by atoms with Gasteiger partial charge < -0.3 is 27.0 Å². The van der Waals surface area contributed by atoms with Crippen LogP contribution in [0.5, 0.6) is 0 Å². The quantitative estimate of drug-likeness (QED) is 0.362. The molecule has 0 bridgehead atoms. The van der Waals surface area contributed by atoms with Gasteiger partial charge in [-0.15, -0.1) is 0 Å². The molecule has 1 heterocycles. The van der Waals surface area contributed by atoms with E-state index in [1.54, 1.807) is 48.5 Å². The Balaban J connectivity index is 1.36. The molecule has 0 saturated carbocycles. The van der Waals surface area contributed by atoms with Gasteiger partial charge >= 0.3 is 6.03 Å². The smallest absolute Gasteiger partial charge is 0.323 e. The molecule has 3 aromatic rings. The van der Waals surface area contributed by atoms with Crippen molar-refractivity contribution in [3.63, 3.8) is 0 Å². The highest BCUT2D eigenvalue weighted by atomic mass is 32.1. The summed E-state index contributed by atoms with van der Waals surface area (Å²) in [4.78, 5) is 29.7. The van der Waals surface area contributed by atoms with Gasteiger partial charge in [0, 0.05) is 40.3 Å². The molecule has 166 valence electrons. The van der Waals surface area contributed by atoms with Crippen LogP contribution >= 0.6 is 12.2 Å². The van der Waals surface area contributed by atoms with Gasteiger partial charge in [-0.1, -0.05) is 18.3 Å². The van der Waals surface area contributed by atoms with Crippen molar-refractivity contribution in [1.29, 1.82) is 0 Å². The van der Waals surface area contributed by atoms with Crippen LogP contribution in [0.2, 0.25) is 0 Å². The lowest BCUT2D eigenvalue weighted by Gasteiger charge is -2.10. The minimum Gasteiger partial charge on any atom is -0.389 e. The molecule has 0 radical (unpaired) electrons. The third-order valence-corrected chi connectivity index (χ3v) is 5.14. The van der Waals surface area contributed by atoms with Gasteiger partial charge in [-0.2, -0.15) is 0 Å². The molecule has 0 unspecified atom stereocenters. The van der Waals surface area contributed by atoms with Crippen molar-refractivity contribution in [3.8, 4) is 0 Å². The maximum atomic E-state index is 12.7. The van der Waals surface area contributed by atoms with E-state index in [4.69, 9.17) is 18.0 Å². The van der Waals surface area contributed by atoms with Gasteiger partial charge in [-0.05, 0) is 66.7 Å². The Morgan fingerprint density at radius 1 is 0.848 bits per heavy atom. The van der Waals surface area contributed by atoms with Crippen molar-refractivity contribution in [2.75, 3.05) is 29.0 Å². The number of amidine groups is 1. The highest BCUT2D eigenvalue weighted by Gasteiger charge is 2.11. The predicted molar refractivity (Wildman–Crippen MR) is 135 cm³/mol. The van der Waals surface area contributed by atoms with E-state index in [2.05, 4.69) is 26.3 Å². The van der Waals surface area contributed by atoms with E-state index >= 15 is 0 Å². The van der Waals surface area contributed by atoms with E-state index in [0.29, 0.717) is 28.2 Å². The maximum Gasteiger partial charge on any atom is 0.323 e. The number of hydrogen-bond acceptors (Lipinski definition) is 5. The van der Waals surface area contributed by atoms with Crippen molar-refractivity contribution in [2.45, 2.75) is 0 Å². The number of benzene rings is 3. The zero-order valence-corrected chi connectivity index (χ0v) is 18.4. The van der Waals surface area contributed by atoms with Gasteiger partial charge in [0.1, 0.15) is 10.8 Å². The Hall–Kier alpha value is -4.24. The number of carbonyl (C=O) groups is 2. The largest absolute Gasteiger partial charge is 0.389 e. The van der Waals surface area contributed by atoms with Crippen LogP contribution in [-0.2, 0) is 0 Å². The number of aliphatic imine (C=N–C) groups is 1. The van der Waals surface area contributed by atoms with E-state index in [1.807, 2.05) is 24.3 Å². The number of nitrogens with one attached hydrogen (secondary N) is 4. The SMILES string of the molecule is NC(=S)c1ccc(NC(=O)Nc2cccc(C(=O)Nc3ccc(C4=NCCN4)cc3)c2)cc1. The predicted octanol–water partition coefficient (Wildman–Crippen LogP) is 3.57. The first-order chi connectivity index (χ1) is 16.0. The lowest BCUT2D eigenvalue weighted by atomic mass is 10.1. The molecule has 8 nitrogen and oxygen atoms in total. The van der Waals surface area contributed by atoms with E-state index < -0.39 is 6.03 Å². The Labute approximate surface area is 196 Å². The second-order valence-corrected chi connectivity index (χ2v) is 7.73. The number of carbonyl (C=O) groups excluding carboxylic acids is 2. The molecule has 3 aromatic carbocycles. The molecule has 3 amide bonds. The van der Waals surface area contributed by atoms with Crippen LogP contribution in [0, 0.1) is 0 Å². The number of anilines is 3. The molecule has 33 heavy (non-hydrogen) atoms. The first kappa shape index (κ1) is 22.0. The molecule has 0 saturated heterocycles. The number of hydrogen-bond donors (Lipinski definition) is 5. The minimum absolute atomic E-state index is 0.281. The third kappa shape index (κ3) is 5.72. The summed E-state index contributed by atoms with van der Waals surface area (Å²) in [5.41, 5.74) is 9.42. The average Bonchev–Trinajstić information content (AvgIpc) is 3.35. The van der Waals surface area contributed by atoms with Crippen molar-refractivity contribution in [1.82, 2.24) is 5.32 Å². The average molecular weight is 459 g/mol. The first-order valence-electron chi connectivity index (χ1n) is 10.3. The summed E-state index contributed by atoms with van der Waals surface area (Å²) in [6.07, 6.45) is 0. The van der Waals surface area contributed by atoms with Crippen LogP contribution in [0.4, 0.5) is 21.9 Å². The van der Waals surface area contributed by atoms with Crippen LogP contribution in [0.15, 0.2) is 77.8 Å². The normalized spacial score (nSPS) is 12.3. The Morgan fingerprint density at radius 2 is 1.52 bits per heavy atom. The molecule has 0 spiro atoms. The third-order valence-electron chi connectivity index (χ3n) is 4.90. The molecule has 9 heteroatoms. The van der Waals surface area contributed by atoms with Crippen molar-refractivity contribution >= 4 is 52.0 Å². The fourth-order valence-electron chi connectivity index (χ4n) is 3.26. The zero-order valence-electron chi connectivity index (χ0n) is 17.6. The lowest BCUT2D eigenvalue weighted by molar-refractivity contribution is 0.102. The molecule has 0 aromatic heterocycles. The number of amides is 3. The number of urea groups is 1. The van der Waals surface area contributed by atoms with Crippen molar-refractivity contribution in [2.24, 2.45) is 10.7 Å².